The van der Waals surface area contributed by atoms with Crippen LogP contribution in [0.5, 0.6) is 5.75 Å². The number of pyridine rings is 1. The van der Waals surface area contributed by atoms with E-state index in [4.69, 9.17) is 9.47 Å². The Balaban J connectivity index is 1.53. The van der Waals surface area contributed by atoms with Crippen LogP contribution in [0.3, 0.4) is 0 Å². The molecule has 0 N–H and O–H groups in total. The van der Waals surface area contributed by atoms with Crippen LogP contribution in [0.15, 0.2) is 42.6 Å². The lowest BCUT2D eigenvalue weighted by Gasteiger charge is -2.26. The molecule has 3 rings (SSSR count). The number of rotatable bonds is 8. The third-order valence-electron chi connectivity index (χ3n) is 4.72. The molecule has 1 aromatic heterocycles. The van der Waals surface area contributed by atoms with E-state index in [1.54, 1.807) is 0 Å². The average Bonchev–Trinajstić information content (AvgIpc) is 2.66. The summed E-state index contributed by atoms with van der Waals surface area (Å²) in [4.78, 5) is 9.16. The van der Waals surface area contributed by atoms with Crippen LogP contribution in [0.1, 0.15) is 16.8 Å². The SMILES string of the molecule is Cc1cccnc1CN(C)Cc1ccccc1OCCN1CCOCC1. The standard InChI is InChI=1S/C21H29N3O2/c1-18-6-5-9-22-20(18)17-23(2)16-19-7-3-4-8-21(19)26-15-12-24-10-13-25-14-11-24/h3-9H,10-17H2,1-2H3. The first-order valence-electron chi connectivity index (χ1n) is 9.32. The lowest BCUT2D eigenvalue weighted by atomic mass is 10.1. The van der Waals surface area contributed by atoms with Crippen molar-refractivity contribution in [2.24, 2.45) is 0 Å². The smallest absolute Gasteiger partial charge is 0.123 e. The molecular formula is C21H29N3O2. The van der Waals surface area contributed by atoms with Crippen LogP contribution in [0.25, 0.3) is 0 Å². The quantitative estimate of drug-likeness (QED) is 0.728. The third-order valence-corrected chi connectivity index (χ3v) is 4.72. The first kappa shape index (κ1) is 18.8. The molecule has 1 fully saturated rings. The molecule has 0 spiro atoms. The minimum absolute atomic E-state index is 0.708. The number of hydrogen-bond donors (Lipinski definition) is 0. The summed E-state index contributed by atoms with van der Waals surface area (Å²) < 4.78 is 11.5. The van der Waals surface area contributed by atoms with E-state index in [0.717, 1.165) is 57.4 Å². The van der Waals surface area contributed by atoms with Crippen molar-refractivity contribution in [1.82, 2.24) is 14.8 Å². The second kappa shape index (κ2) is 9.67. The van der Waals surface area contributed by atoms with E-state index in [9.17, 15) is 0 Å². The molecule has 0 unspecified atom stereocenters. The zero-order chi connectivity index (χ0) is 18.2. The summed E-state index contributed by atoms with van der Waals surface area (Å²) in [6, 6.07) is 12.4. The molecular weight excluding hydrogens is 326 g/mol. The van der Waals surface area contributed by atoms with Crippen LogP contribution in [-0.2, 0) is 17.8 Å². The lowest BCUT2D eigenvalue weighted by molar-refractivity contribution is 0.0321. The summed E-state index contributed by atoms with van der Waals surface area (Å²) in [5.41, 5.74) is 3.57. The van der Waals surface area contributed by atoms with Crippen molar-refractivity contribution in [2.45, 2.75) is 20.0 Å². The lowest BCUT2D eigenvalue weighted by Crippen LogP contribution is -2.38. The van der Waals surface area contributed by atoms with Gasteiger partial charge in [0.1, 0.15) is 12.4 Å². The van der Waals surface area contributed by atoms with Crippen LogP contribution in [0.4, 0.5) is 0 Å². The fraction of sp³-hybridized carbons (Fsp3) is 0.476. The minimum atomic E-state index is 0.708. The molecule has 1 aromatic carbocycles. The summed E-state index contributed by atoms with van der Waals surface area (Å²) in [5, 5.41) is 0. The fourth-order valence-electron chi connectivity index (χ4n) is 3.17. The van der Waals surface area contributed by atoms with Gasteiger partial charge < -0.3 is 9.47 Å². The second-order valence-electron chi connectivity index (χ2n) is 6.85. The van der Waals surface area contributed by atoms with Crippen molar-refractivity contribution in [3.05, 3.63) is 59.4 Å². The van der Waals surface area contributed by atoms with Gasteiger partial charge in [-0.25, -0.2) is 0 Å². The Morgan fingerprint density at radius 1 is 1.12 bits per heavy atom. The molecule has 1 aliphatic rings. The highest BCUT2D eigenvalue weighted by molar-refractivity contribution is 5.33. The van der Waals surface area contributed by atoms with E-state index in [1.165, 1.54) is 11.1 Å². The van der Waals surface area contributed by atoms with E-state index in [1.807, 2.05) is 18.3 Å². The molecule has 0 bridgehead atoms. The van der Waals surface area contributed by atoms with Crippen molar-refractivity contribution < 1.29 is 9.47 Å². The van der Waals surface area contributed by atoms with E-state index in [0.29, 0.717) is 6.61 Å². The van der Waals surface area contributed by atoms with Gasteiger partial charge in [-0.2, -0.15) is 0 Å². The molecule has 1 aliphatic heterocycles. The Bertz CT molecular complexity index is 686. The van der Waals surface area contributed by atoms with E-state index in [-0.39, 0.29) is 0 Å². The Morgan fingerprint density at radius 2 is 1.92 bits per heavy atom. The van der Waals surface area contributed by atoms with Gasteiger partial charge in [-0.3, -0.25) is 14.8 Å². The monoisotopic (exact) mass is 355 g/mol. The predicted octanol–water partition coefficient (Wildman–Crippen LogP) is 2.73. The largest absolute Gasteiger partial charge is 0.492 e. The van der Waals surface area contributed by atoms with E-state index < -0.39 is 0 Å². The maximum Gasteiger partial charge on any atom is 0.123 e. The number of ether oxygens (including phenoxy) is 2. The van der Waals surface area contributed by atoms with Gasteiger partial charge in [-0.15, -0.1) is 0 Å². The number of benzene rings is 1. The van der Waals surface area contributed by atoms with E-state index >= 15 is 0 Å². The zero-order valence-electron chi connectivity index (χ0n) is 15.9. The molecule has 140 valence electrons. The number of aryl methyl sites for hydroxylation is 1. The Kier molecular flexibility index (Phi) is 7.00. The third kappa shape index (κ3) is 5.53. The molecule has 2 aromatic rings. The maximum atomic E-state index is 6.09. The molecule has 5 nitrogen and oxygen atoms in total. The van der Waals surface area contributed by atoms with Gasteiger partial charge in [0.25, 0.3) is 0 Å². The minimum Gasteiger partial charge on any atom is -0.492 e. The number of para-hydroxylation sites is 1. The van der Waals surface area contributed by atoms with Crippen molar-refractivity contribution >= 4 is 0 Å². The molecule has 0 aliphatic carbocycles. The van der Waals surface area contributed by atoms with Gasteiger partial charge >= 0.3 is 0 Å². The van der Waals surface area contributed by atoms with Crippen molar-refractivity contribution in [3.63, 3.8) is 0 Å². The van der Waals surface area contributed by atoms with Crippen LogP contribution < -0.4 is 4.74 Å². The molecule has 5 heteroatoms. The molecule has 0 radical (unpaired) electrons. The summed E-state index contributed by atoms with van der Waals surface area (Å²) in [5.74, 6) is 0.977. The molecule has 0 amide bonds. The summed E-state index contributed by atoms with van der Waals surface area (Å²) >= 11 is 0. The molecule has 0 atom stereocenters. The highest BCUT2D eigenvalue weighted by atomic mass is 16.5. The van der Waals surface area contributed by atoms with Crippen LogP contribution >= 0.6 is 0 Å². The number of morpholine rings is 1. The summed E-state index contributed by atoms with van der Waals surface area (Å²) in [6.07, 6.45) is 1.86. The molecule has 1 saturated heterocycles. The summed E-state index contributed by atoms with van der Waals surface area (Å²) in [6.45, 7) is 9.08. The normalized spacial score (nSPS) is 15.3. The number of aromatic nitrogens is 1. The van der Waals surface area contributed by atoms with Gasteiger partial charge in [0.05, 0.1) is 18.9 Å². The van der Waals surface area contributed by atoms with Crippen LogP contribution in [0, 0.1) is 6.92 Å². The highest BCUT2D eigenvalue weighted by Crippen LogP contribution is 2.20. The van der Waals surface area contributed by atoms with E-state index in [2.05, 4.69) is 53.0 Å². The Labute approximate surface area is 156 Å². The van der Waals surface area contributed by atoms with Crippen molar-refractivity contribution in [3.8, 4) is 5.75 Å². The Hall–Kier alpha value is -1.95. The zero-order valence-corrected chi connectivity index (χ0v) is 15.9. The van der Waals surface area contributed by atoms with Gasteiger partial charge in [-0.05, 0) is 31.7 Å². The van der Waals surface area contributed by atoms with Gasteiger partial charge in [0.15, 0.2) is 0 Å². The average molecular weight is 355 g/mol. The van der Waals surface area contributed by atoms with Crippen molar-refractivity contribution in [1.29, 1.82) is 0 Å². The van der Waals surface area contributed by atoms with Gasteiger partial charge in [-0.1, -0.05) is 24.3 Å². The fourth-order valence-corrected chi connectivity index (χ4v) is 3.17. The molecule has 0 saturated carbocycles. The van der Waals surface area contributed by atoms with Gasteiger partial charge in [0, 0.05) is 44.5 Å². The molecule has 2 heterocycles. The first-order chi connectivity index (χ1) is 12.7. The van der Waals surface area contributed by atoms with Crippen molar-refractivity contribution in [2.75, 3.05) is 46.5 Å². The Morgan fingerprint density at radius 3 is 2.73 bits per heavy atom. The number of nitrogens with zero attached hydrogens (tertiary/aromatic N) is 3. The number of hydrogen-bond acceptors (Lipinski definition) is 5. The van der Waals surface area contributed by atoms with Crippen LogP contribution in [0.2, 0.25) is 0 Å². The van der Waals surface area contributed by atoms with Gasteiger partial charge in [0.2, 0.25) is 0 Å². The second-order valence-corrected chi connectivity index (χ2v) is 6.85. The first-order valence-corrected chi connectivity index (χ1v) is 9.32. The highest BCUT2D eigenvalue weighted by Gasteiger charge is 2.12. The summed E-state index contributed by atoms with van der Waals surface area (Å²) in [7, 11) is 2.12. The molecule has 26 heavy (non-hydrogen) atoms. The topological polar surface area (TPSA) is 37.8 Å². The van der Waals surface area contributed by atoms with Crippen LogP contribution in [-0.4, -0.2) is 61.3 Å². The maximum absolute atomic E-state index is 6.09. The predicted molar refractivity (Wildman–Crippen MR) is 103 cm³/mol.